The van der Waals surface area contributed by atoms with Crippen LogP contribution in [0.15, 0.2) is 33.6 Å². The van der Waals surface area contributed by atoms with Crippen LogP contribution in [0.1, 0.15) is 30.6 Å². The highest BCUT2D eigenvalue weighted by Gasteiger charge is 2.35. The maximum absolute atomic E-state index is 13.5. The quantitative estimate of drug-likeness (QED) is 0.389. The van der Waals surface area contributed by atoms with E-state index < -0.39 is 33.7 Å². The summed E-state index contributed by atoms with van der Waals surface area (Å²) >= 11 is 0. The Hall–Kier alpha value is -3.04. The Kier molecular flexibility index (Phi) is 8.51. The number of rotatable bonds is 9. The zero-order chi connectivity index (χ0) is 24.8. The van der Waals surface area contributed by atoms with E-state index in [1.807, 2.05) is 6.07 Å². The van der Waals surface area contributed by atoms with Gasteiger partial charge in [0.25, 0.3) is 15.9 Å². The van der Waals surface area contributed by atoms with E-state index in [-0.39, 0.29) is 42.4 Å². The van der Waals surface area contributed by atoms with Gasteiger partial charge in [-0.3, -0.25) is 9.59 Å². The van der Waals surface area contributed by atoms with Gasteiger partial charge in [-0.05, 0) is 38.1 Å². The molecule has 1 fully saturated rings. The molecule has 2 atom stereocenters. The molecule has 1 aliphatic rings. The van der Waals surface area contributed by atoms with E-state index in [1.54, 1.807) is 27.9 Å². The van der Waals surface area contributed by atoms with Crippen molar-refractivity contribution >= 4 is 28.2 Å². The number of halogens is 1. The molecule has 180 valence electrons. The molecule has 0 saturated carbocycles. The van der Waals surface area contributed by atoms with E-state index >= 15 is 0 Å². The topological polar surface area (TPSA) is 135 Å². The summed E-state index contributed by atoms with van der Waals surface area (Å²) in [6.07, 6.45) is -0.00768. The van der Waals surface area contributed by atoms with Gasteiger partial charge in [-0.1, -0.05) is 0 Å². The number of nitriles is 1. The molecule has 2 amide bonds. The van der Waals surface area contributed by atoms with Gasteiger partial charge in [-0.25, -0.2) is 4.39 Å². The van der Waals surface area contributed by atoms with Gasteiger partial charge in [0.1, 0.15) is 18.6 Å². The van der Waals surface area contributed by atoms with Crippen molar-refractivity contribution in [3.05, 3.63) is 29.8 Å². The number of hydrogen-bond donors (Lipinski definition) is 2. The lowest BCUT2D eigenvalue weighted by molar-refractivity contribution is -0.130. The van der Waals surface area contributed by atoms with Gasteiger partial charge in [-0.2, -0.15) is 13.7 Å². The van der Waals surface area contributed by atoms with Crippen LogP contribution in [-0.4, -0.2) is 87.9 Å². The number of benzene rings is 1. The third-order valence-corrected chi connectivity index (χ3v) is 6.20. The van der Waals surface area contributed by atoms with E-state index in [9.17, 15) is 22.4 Å². The lowest BCUT2D eigenvalue weighted by atomic mass is 10.1. The van der Waals surface area contributed by atoms with Crippen molar-refractivity contribution in [2.45, 2.75) is 42.9 Å². The summed E-state index contributed by atoms with van der Waals surface area (Å²) in [6, 6.07) is 6.56. The van der Waals surface area contributed by atoms with Crippen molar-refractivity contribution in [1.82, 2.24) is 20.4 Å². The first-order chi connectivity index (χ1) is 15.3. The van der Waals surface area contributed by atoms with Crippen molar-refractivity contribution in [2.24, 2.45) is 4.40 Å². The highest BCUT2D eigenvalue weighted by Crippen LogP contribution is 2.20. The fourth-order valence-corrected chi connectivity index (χ4v) is 3.97. The number of carbonyl (C=O) groups excluding carboxylic acids is 2. The van der Waals surface area contributed by atoms with Crippen molar-refractivity contribution < 1.29 is 22.4 Å². The maximum atomic E-state index is 13.5. The average molecular weight is 481 g/mol. The second kappa shape index (κ2) is 10.7. The van der Waals surface area contributed by atoms with Crippen molar-refractivity contribution in [3.63, 3.8) is 0 Å². The van der Waals surface area contributed by atoms with Crippen LogP contribution in [-0.2, 0) is 14.8 Å². The smallest absolute Gasteiger partial charge is 0.283 e. The van der Waals surface area contributed by atoms with Gasteiger partial charge in [0.2, 0.25) is 5.91 Å². The Balaban J connectivity index is 1.90. The molecule has 0 spiro atoms. The standard InChI is InChI=1S/C21H29FN6O4S/c1-21(2,25-11-19(29)28-12-16(22)9-17(28)10-23)13-24-20(30)15-5-7-18(8-6-15)33(31,32)26-14-27(3)4/h5-8,14,16-17,25H,9,11-13H2,1-4H3,(H,24,30)/t16-,17-/m0/s1. The highest BCUT2D eigenvalue weighted by atomic mass is 32.2. The number of likely N-dealkylation sites (tertiary alicyclic amines) is 1. The lowest BCUT2D eigenvalue weighted by Gasteiger charge is -2.28. The summed E-state index contributed by atoms with van der Waals surface area (Å²) in [7, 11) is -0.566. The van der Waals surface area contributed by atoms with E-state index in [0.717, 1.165) is 0 Å². The molecule has 2 N–H and O–H groups in total. The average Bonchev–Trinajstić information content (AvgIpc) is 3.15. The summed E-state index contributed by atoms with van der Waals surface area (Å²) in [5, 5.41) is 14.8. The number of sulfonamides is 1. The van der Waals surface area contributed by atoms with Crippen molar-refractivity contribution in [1.29, 1.82) is 5.26 Å². The van der Waals surface area contributed by atoms with Crippen LogP contribution >= 0.6 is 0 Å². The highest BCUT2D eigenvalue weighted by molar-refractivity contribution is 7.90. The SMILES string of the molecule is CN(C)C=NS(=O)(=O)c1ccc(C(=O)NCC(C)(C)NCC(=O)N2C[C@@H](F)C[C@H]2C#N)cc1. The molecule has 1 heterocycles. The van der Waals surface area contributed by atoms with E-state index in [4.69, 9.17) is 5.26 Å². The number of alkyl halides is 1. The molecule has 0 aromatic heterocycles. The number of carbonyl (C=O) groups is 2. The molecule has 1 aromatic rings. The molecule has 0 bridgehead atoms. The second-order valence-corrected chi connectivity index (χ2v) is 10.3. The Labute approximate surface area is 193 Å². The minimum absolute atomic E-state index is 0.0176. The molecule has 12 heteroatoms. The number of nitrogens with one attached hydrogen (secondary N) is 2. The van der Waals surface area contributed by atoms with Gasteiger partial charge in [0, 0.05) is 38.2 Å². The van der Waals surface area contributed by atoms with Crippen LogP contribution in [0.25, 0.3) is 0 Å². The number of amides is 2. The van der Waals surface area contributed by atoms with Gasteiger partial charge < -0.3 is 20.4 Å². The molecule has 0 radical (unpaired) electrons. The first-order valence-corrected chi connectivity index (χ1v) is 11.7. The van der Waals surface area contributed by atoms with Crippen LogP contribution in [0.4, 0.5) is 4.39 Å². The normalized spacial score (nSPS) is 18.8. The summed E-state index contributed by atoms with van der Waals surface area (Å²) in [5.41, 5.74) is -0.410. The van der Waals surface area contributed by atoms with Crippen LogP contribution in [0.3, 0.4) is 0 Å². The van der Waals surface area contributed by atoms with Crippen LogP contribution in [0.2, 0.25) is 0 Å². The molecule has 10 nitrogen and oxygen atoms in total. The largest absolute Gasteiger partial charge is 0.368 e. The molecular formula is C21H29FN6O4S. The van der Waals surface area contributed by atoms with E-state index in [0.29, 0.717) is 0 Å². The Bertz CT molecular complexity index is 1030. The summed E-state index contributed by atoms with van der Waals surface area (Å²) in [6.45, 7) is 3.53. The first kappa shape index (κ1) is 26.2. The minimum Gasteiger partial charge on any atom is -0.368 e. The molecule has 2 rings (SSSR count). The maximum Gasteiger partial charge on any atom is 0.283 e. The zero-order valence-electron chi connectivity index (χ0n) is 19.1. The minimum atomic E-state index is -3.86. The van der Waals surface area contributed by atoms with Gasteiger partial charge >= 0.3 is 0 Å². The molecule has 1 saturated heterocycles. The molecule has 1 aromatic carbocycles. The fraction of sp³-hybridized carbons (Fsp3) is 0.524. The monoisotopic (exact) mass is 480 g/mol. The molecular weight excluding hydrogens is 451 g/mol. The van der Waals surface area contributed by atoms with Crippen LogP contribution < -0.4 is 10.6 Å². The number of hydrogen-bond acceptors (Lipinski definition) is 6. The molecule has 1 aliphatic heterocycles. The predicted octanol–water partition coefficient (Wildman–Crippen LogP) is 0.526. The Morgan fingerprint density at radius 1 is 1.33 bits per heavy atom. The van der Waals surface area contributed by atoms with Crippen LogP contribution in [0.5, 0.6) is 0 Å². The van der Waals surface area contributed by atoms with Gasteiger partial charge in [0.15, 0.2) is 0 Å². The van der Waals surface area contributed by atoms with Crippen LogP contribution in [0, 0.1) is 11.3 Å². The van der Waals surface area contributed by atoms with Gasteiger partial charge in [-0.15, -0.1) is 4.40 Å². The van der Waals surface area contributed by atoms with E-state index in [2.05, 4.69) is 15.0 Å². The number of nitrogens with zero attached hydrogens (tertiary/aromatic N) is 4. The predicted molar refractivity (Wildman–Crippen MR) is 121 cm³/mol. The summed E-state index contributed by atoms with van der Waals surface area (Å²) < 4.78 is 41.4. The summed E-state index contributed by atoms with van der Waals surface area (Å²) in [5.74, 6) is -0.795. The Morgan fingerprint density at radius 3 is 2.55 bits per heavy atom. The molecule has 0 unspecified atom stereocenters. The third-order valence-electron chi connectivity index (χ3n) is 4.96. The van der Waals surface area contributed by atoms with E-state index in [1.165, 1.54) is 40.4 Å². The second-order valence-electron chi connectivity index (χ2n) is 8.63. The van der Waals surface area contributed by atoms with Crippen molar-refractivity contribution in [3.8, 4) is 6.07 Å². The first-order valence-electron chi connectivity index (χ1n) is 10.3. The molecule has 0 aliphatic carbocycles. The van der Waals surface area contributed by atoms with Gasteiger partial charge in [0.05, 0.1) is 24.1 Å². The molecule has 33 heavy (non-hydrogen) atoms. The fourth-order valence-electron chi connectivity index (χ4n) is 3.06. The van der Waals surface area contributed by atoms with Crippen molar-refractivity contribution in [2.75, 3.05) is 33.7 Å². The zero-order valence-corrected chi connectivity index (χ0v) is 19.9. The lowest BCUT2D eigenvalue weighted by Crippen LogP contribution is -2.52. The third kappa shape index (κ3) is 7.50. The summed E-state index contributed by atoms with van der Waals surface area (Å²) in [4.78, 5) is 27.5. The Morgan fingerprint density at radius 2 is 1.97 bits per heavy atom.